The fourth-order valence-electron chi connectivity index (χ4n) is 5.21. The lowest BCUT2D eigenvalue weighted by atomic mass is 9.82. The number of rotatable bonds is 5. The van der Waals surface area contributed by atoms with Gasteiger partial charge in [-0.3, -0.25) is 0 Å². The van der Waals surface area contributed by atoms with Crippen molar-refractivity contribution in [1.29, 1.82) is 0 Å². The van der Waals surface area contributed by atoms with Crippen molar-refractivity contribution in [3.63, 3.8) is 0 Å². The minimum absolute atomic E-state index is 0.0966. The van der Waals surface area contributed by atoms with Gasteiger partial charge in [-0.05, 0) is 48.7 Å². The second-order valence-electron chi connectivity index (χ2n) is 8.37. The van der Waals surface area contributed by atoms with Crippen molar-refractivity contribution in [2.24, 2.45) is 0 Å². The summed E-state index contributed by atoms with van der Waals surface area (Å²) in [6, 6.07) is 20.6. The van der Waals surface area contributed by atoms with Gasteiger partial charge in [0.2, 0.25) is 0 Å². The van der Waals surface area contributed by atoms with Gasteiger partial charge in [0.15, 0.2) is 8.32 Å². The highest BCUT2D eigenvalue weighted by Crippen LogP contribution is 2.60. The van der Waals surface area contributed by atoms with E-state index in [2.05, 4.69) is 74.6 Å². The van der Waals surface area contributed by atoms with Crippen molar-refractivity contribution in [3.8, 4) is 0 Å². The van der Waals surface area contributed by atoms with Gasteiger partial charge in [-0.25, -0.2) is 0 Å². The van der Waals surface area contributed by atoms with Crippen LogP contribution in [0.5, 0.6) is 0 Å². The van der Waals surface area contributed by atoms with E-state index in [4.69, 9.17) is 9.16 Å². The molecule has 1 saturated heterocycles. The Morgan fingerprint density at radius 2 is 1.68 bits per heavy atom. The molecule has 25 heavy (non-hydrogen) atoms. The molecule has 2 aliphatic rings. The Morgan fingerprint density at radius 3 is 2.40 bits per heavy atom. The Labute approximate surface area is 152 Å². The lowest BCUT2D eigenvalue weighted by Crippen LogP contribution is -2.52. The summed E-state index contributed by atoms with van der Waals surface area (Å²) in [4.78, 5) is 0. The van der Waals surface area contributed by atoms with Gasteiger partial charge in [0.05, 0.1) is 18.8 Å². The molecule has 0 spiro atoms. The molecule has 2 nitrogen and oxygen atoms in total. The van der Waals surface area contributed by atoms with Crippen LogP contribution in [0.1, 0.15) is 36.5 Å². The zero-order valence-electron chi connectivity index (χ0n) is 15.5. The second-order valence-corrected chi connectivity index (χ2v) is 12.4. The standard InChI is InChI=1S/C22H28O2Si/c1-4-22-15-21(17-25(2,3)24-22,19-12-8-9-13-20(19)22)16-23-14-18-10-6-5-7-11-18/h5-13H,4,14-17H2,1-3H3/t21-,22+/m0/s1. The largest absolute Gasteiger partial charge is 0.408 e. The van der Waals surface area contributed by atoms with Crippen molar-refractivity contribution in [3.05, 3.63) is 71.3 Å². The van der Waals surface area contributed by atoms with E-state index in [-0.39, 0.29) is 11.0 Å². The molecule has 0 amide bonds. The molecular weight excluding hydrogens is 324 g/mol. The van der Waals surface area contributed by atoms with Crippen molar-refractivity contribution < 1.29 is 9.16 Å². The number of hydrogen-bond acceptors (Lipinski definition) is 2. The minimum Gasteiger partial charge on any atom is -0.408 e. The Kier molecular flexibility index (Phi) is 4.14. The SMILES string of the molecule is CC[C@]12C[C@](COCc3ccccc3)(C[Si](C)(C)O1)c1ccccc12. The normalized spacial score (nSPS) is 29.4. The highest BCUT2D eigenvalue weighted by Gasteiger charge is 2.60. The van der Waals surface area contributed by atoms with Crippen molar-refractivity contribution in [2.45, 2.75) is 56.5 Å². The number of ether oxygens (including phenoxy) is 1. The molecule has 0 aromatic heterocycles. The van der Waals surface area contributed by atoms with E-state index < -0.39 is 8.32 Å². The van der Waals surface area contributed by atoms with E-state index in [1.165, 1.54) is 16.7 Å². The fraction of sp³-hybridized carbons (Fsp3) is 0.455. The van der Waals surface area contributed by atoms with E-state index >= 15 is 0 Å². The van der Waals surface area contributed by atoms with Gasteiger partial charge in [0.1, 0.15) is 0 Å². The second kappa shape index (κ2) is 6.08. The van der Waals surface area contributed by atoms with Crippen LogP contribution >= 0.6 is 0 Å². The first-order chi connectivity index (χ1) is 12.0. The maximum absolute atomic E-state index is 6.80. The molecule has 2 aromatic carbocycles. The van der Waals surface area contributed by atoms with Gasteiger partial charge in [-0.1, -0.05) is 61.5 Å². The molecule has 0 N–H and O–H groups in total. The molecule has 1 aliphatic heterocycles. The van der Waals surface area contributed by atoms with Crippen LogP contribution in [0, 0.1) is 0 Å². The average Bonchev–Trinajstić information content (AvgIpc) is 2.81. The zero-order valence-corrected chi connectivity index (χ0v) is 16.5. The number of benzene rings is 2. The topological polar surface area (TPSA) is 18.5 Å². The maximum atomic E-state index is 6.80. The van der Waals surface area contributed by atoms with Gasteiger partial charge in [-0.2, -0.15) is 0 Å². The van der Waals surface area contributed by atoms with Gasteiger partial charge >= 0.3 is 0 Å². The van der Waals surface area contributed by atoms with Crippen LogP contribution in [-0.2, 0) is 26.8 Å². The monoisotopic (exact) mass is 352 g/mol. The molecule has 2 aromatic rings. The predicted molar refractivity (Wildman–Crippen MR) is 104 cm³/mol. The lowest BCUT2D eigenvalue weighted by molar-refractivity contribution is -0.0113. The van der Waals surface area contributed by atoms with Crippen LogP contribution in [-0.4, -0.2) is 14.9 Å². The van der Waals surface area contributed by atoms with Crippen molar-refractivity contribution in [2.75, 3.05) is 6.61 Å². The Bertz CT molecular complexity index is 758. The molecule has 132 valence electrons. The molecule has 1 aliphatic carbocycles. The molecule has 1 fully saturated rings. The first-order valence-corrected chi connectivity index (χ1v) is 12.5. The third-order valence-electron chi connectivity index (χ3n) is 5.91. The summed E-state index contributed by atoms with van der Waals surface area (Å²) in [5, 5.41) is 0. The van der Waals surface area contributed by atoms with Gasteiger partial charge in [-0.15, -0.1) is 0 Å². The summed E-state index contributed by atoms with van der Waals surface area (Å²) in [6.07, 6.45) is 2.11. The molecule has 0 radical (unpaired) electrons. The van der Waals surface area contributed by atoms with E-state index in [0.29, 0.717) is 6.61 Å². The predicted octanol–water partition coefficient (Wildman–Crippen LogP) is 5.39. The first-order valence-electron chi connectivity index (χ1n) is 9.41. The molecule has 4 rings (SSSR count). The maximum Gasteiger partial charge on any atom is 0.188 e. The Hall–Kier alpha value is -1.42. The molecular formula is C22H28O2Si. The molecule has 2 bridgehead atoms. The van der Waals surface area contributed by atoms with E-state index in [0.717, 1.165) is 25.5 Å². The van der Waals surface area contributed by atoms with Crippen molar-refractivity contribution >= 4 is 8.32 Å². The third-order valence-corrected chi connectivity index (χ3v) is 8.38. The van der Waals surface area contributed by atoms with Crippen molar-refractivity contribution in [1.82, 2.24) is 0 Å². The molecule has 0 unspecified atom stereocenters. The Balaban J connectivity index is 1.64. The van der Waals surface area contributed by atoms with Crippen LogP contribution in [0.4, 0.5) is 0 Å². The summed E-state index contributed by atoms with van der Waals surface area (Å²) >= 11 is 0. The van der Waals surface area contributed by atoms with Gasteiger partial charge < -0.3 is 9.16 Å². The number of hydrogen-bond donors (Lipinski definition) is 0. The Morgan fingerprint density at radius 1 is 1.00 bits per heavy atom. The molecule has 3 heteroatoms. The molecule has 1 heterocycles. The summed E-state index contributed by atoms with van der Waals surface area (Å²) in [5.41, 5.74) is 4.16. The van der Waals surface area contributed by atoms with E-state index in [1.54, 1.807) is 0 Å². The first kappa shape index (κ1) is 17.0. The zero-order chi connectivity index (χ0) is 17.5. The highest BCUT2D eigenvalue weighted by molar-refractivity contribution is 6.71. The molecule has 0 saturated carbocycles. The summed E-state index contributed by atoms with van der Waals surface area (Å²) in [6.45, 7) is 8.49. The van der Waals surface area contributed by atoms with Crippen LogP contribution in [0.25, 0.3) is 0 Å². The van der Waals surface area contributed by atoms with Gasteiger partial charge in [0.25, 0.3) is 0 Å². The minimum atomic E-state index is -1.73. The average molecular weight is 353 g/mol. The third kappa shape index (κ3) is 2.88. The molecule has 2 atom stereocenters. The van der Waals surface area contributed by atoms with E-state index in [1.807, 2.05) is 0 Å². The lowest BCUT2D eigenvalue weighted by Gasteiger charge is -2.47. The fourth-order valence-corrected chi connectivity index (χ4v) is 8.72. The summed E-state index contributed by atoms with van der Waals surface area (Å²) in [7, 11) is -1.73. The van der Waals surface area contributed by atoms with Crippen LogP contribution < -0.4 is 0 Å². The van der Waals surface area contributed by atoms with Gasteiger partial charge in [0, 0.05) is 5.41 Å². The summed E-state index contributed by atoms with van der Waals surface area (Å²) in [5.74, 6) is 0. The van der Waals surface area contributed by atoms with E-state index in [9.17, 15) is 0 Å². The van der Waals surface area contributed by atoms with Crippen LogP contribution in [0.2, 0.25) is 19.1 Å². The smallest absolute Gasteiger partial charge is 0.188 e. The number of fused-ring (bicyclic) bond motifs is 5. The van der Waals surface area contributed by atoms with Crippen LogP contribution in [0.3, 0.4) is 0 Å². The summed E-state index contributed by atoms with van der Waals surface area (Å²) < 4.78 is 13.1. The van der Waals surface area contributed by atoms with Crippen LogP contribution in [0.15, 0.2) is 54.6 Å². The quantitative estimate of drug-likeness (QED) is 0.672. The highest BCUT2D eigenvalue weighted by atomic mass is 28.4.